The molecule has 2 aromatic rings. The second-order valence-corrected chi connectivity index (χ2v) is 9.90. The molecule has 28 heavy (non-hydrogen) atoms. The number of unbranched alkanes of at least 4 members (excludes halogenated alkanes) is 1. The summed E-state index contributed by atoms with van der Waals surface area (Å²) in [7, 11) is -3.66. The molecule has 1 atom stereocenters. The fraction of sp³-hybridized carbons (Fsp3) is 0.500. The number of hydrogen-bond donors (Lipinski definition) is 1. The van der Waals surface area contributed by atoms with E-state index in [-0.39, 0.29) is 10.8 Å². The molecule has 1 amide bonds. The van der Waals surface area contributed by atoms with Crippen molar-refractivity contribution in [3.8, 4) is 0 Å². The minimum absolute atomic E-state index is 0.190. The molecule has 152 valence electrons. The van der Waals surface area contributed by atoms with Gasteiger partial charge in [0, 0.05) is 24.2 Å². The largest absolute Gasteiger partial charge is 0.355 e. The number of aryl methyl sites for hydroxylation is 2. The molecule has 0 radical (unpaired) electrons. The van der Waals surface area contributed by atoms with Gasteiger partial charge in [-0.25, -0.2) is 13.4 Å². The molecular formula is C20H27N3O3S2. The first-order valence-electron chi connectivity index (χ1n) is 9.74. The molecule has 6 nitrogen and oxygen atoms in total. The van der Waals surface area contributed by atoms with Gasteiger partial charge < -0.3 is 5.32 Å². The van der Waals surface area contributed by atoms with Crippen LogP contribution in [0.25, 0.3) is 0 Å². The molecule has 0 bridgehead atoms. The van der Waals surface area contributed by atoms with Crippen LogP contribution in [-0.4, -0.2) is 42.7 Å². The van der Waals surface area contributed by atoms with E-state index in [4.69, 9.17) is 0 Å². The average Bonchev–Trinajstić information content (AvgIpc) is 3.13. The van der Waals surface area contributed by atoms with Gasteiger partial charge >= 0.3 is 0 Å². The predicted molar refractivity (Wildman–Crippen MR) is 111 cm³/mol. The van der Waals surface area contributed by atoms with Crippen LogP contribution in [0.2, 0.25) is 0 Å². The number of rotatable bonds is 8. The SMILES string of the molecule is Cc1csc(CCCCNC(=O)C2CCCCN2S(=O)(=O)c2ccccc2)n1. The van der Waals surface area contributed by atoms with Crippen molar-refractivity contribution in [2.24, 2.45) is 0 Å². The van der Waals surface area contributed by atoms with Gasteiger partial charge in [-0.05, 0) is 51.2 Å². The first-order valence-corrected chi connectivity index (χ1v) is 12.1. The summed E-state index contributed by atoms with van der Waals surface area (Å²) < 4.78 is 27.3. The Hall–Kier alpha value is -1.77. The van der Waals surface area contributed by atoms with Gasteiger partial charge in [0.05, 0.1) is 9.90 Å². The minimum atomic E-state index is -3.66. The molecule has 2 heterocycles. The van der Waals surface area contributed by atoms with Crippen LogP contribution >= 0.6 is 11.3 Å². The zero-order chi connectivity index (χ0) is 20.0. The van der Waals surface area contributed by atoms with E-state index < -0.39 is 16.1 Å². The Kier molecular flexibility index (Phi) is 7.20. The fourth-order valence-corrected chi connectivity index (χ4v) is 5.93. The molecule has 3 rings (SSSR count). The highest BCUT2D eigenvalue weighted by Gasteiger charge is 2.37. The quantitative estimate of drug-likeness (QED) is 0.664. The lowest BCUT2D eigenvalue weighted by Gasteiger charge is -2.33. The second-order valence-electron chi connectivity index (χ2n) is 7.07. The van der Waals surface area contributed by atoms with Crippen molar-refractivity contribution < 1.29 is 13.2 Å². The number of carbonyl (C=O) groups is 1. The summed E-state index contributed by atoms with van der Waals surface area (Å²) in [6.45, 7) is 2.93. The first-order chi connectivity index (χ1) is 13.5. The van der Waals surface area contributed by atoms with E-state index in [1.165, 1.54) is 4.31 Å². The number of thiazole rings is 1. The number of sulfonamides is 1. The summed E-state index contributed by atoms with van der Waals surface area (Å²) in [5.41, 5.74) is 1.05. The molecule has 0 spiro atoms. The maximum absolute atomic E-state index is 13.0. The smallest absolute Gasteiger partial charge is 0.243 e. The van der Waals surface area contributed by atoms with Crippen LogP contribution in [0.1, 0.15) is 42.8 Å². The van der Waals surface area contributed by atoms with Crippen molar-refractivity contribution in [1.29, 1.82) is 0 Å². The molecule has 1 aromatic heterocycles. The normalized spacial score (nSPS) is 18.1. The molecular weight excluding hydrogens is 394 g/mol. The highest BCUT2D eigenvalue weighted by Crippen LogP contribution is 2.25. The average molecular weight is 422 g/mol. The zero-order valence-electron chi connectivity index (χ0n) is 16.1. The number of piperidine rings is 1. The Morgan fingerprint density at radius 3 is 2.75 bits per heavy atom. The maximum atomic E-state index is 13.0. The van der Waals surface area contributed by atoms with Crippen molar-refractivity contribution in [3.63, 3.8) is 0 Å². The summed E-state index contributed by atoms with van der Waals surface area (Å²) in [5.74, 6) is -0.190. The van der Waals surface area contributed by atoms with Gasteiger partial charge in [0.15, 0.2) is 0 Å². The topological polar surface area (TPSA) is 79.4 Å². The third-order valence-corrected chi connectivity index (χ3v) is 7.84. The van der Waals surface area contributed by atoms with E-state index in [1.807, 2.05) is 12.3 Å². The van der Waals surface area contributed by atoms with Crippen LogP contribution in [0, 0.1) is 6.92 Å². The lowest BCUT2D eigenvalue weighted by atomic mass is 10.0. The highest BCUT2D eigenvalue weighted by atomic mass is 32.2. The van der Waals surface area contributed by atoms with Crippen LogP contribution < -0.4 is 5.32 Å². The van der Waals surface area contributed by atoms with Gasteiger partial charge in [0.1, 0.15) is 6.04 Å². The minimum Gasteiger partial charge on any atom is -0.355 e. The Labute approximate surface area is 171 Å². The Morgan fingerprint density at radius 2 is 2.04 bits per heavy atom. The number of nitrogens with zero attached hydrogens (tertiary/aromatic N) is 2. The summed E-state index contributed by atoms with van der Waals surface area (Å²) in [4.78, 5) is 17.4. The number of nitrogens with one attached hydrogen (secondary N) is 1. The highest BCUT2D eigenvalue weighted by molar-refractivity contribution is 7.89. The van der Waals surface area contributed by atoms with Crippen LogP contribution in [0.15, 0.2) is 40.6 Å². The standard InChI is InChI=1S/C20H27N3O3S2/c1-16-15-27-19(22-16)12-5-7-13-21-20(24)18-11-6-8-14-23(18)28(25,26)17-9-3-2-4-10-17/h2-4,9-10,15,18H,5-8,11-14H2,1H3,(H,21,24). The Bertz CT molecular complexity index is 881. The Balaban J connectivity index is 1.53. The van der Waals surface area contributed by atoms with Gasteiger partial charge in [-0.2, -0.15) is 4.31 Å². The van der Waals surface area contributed by atoms with Crippen molar-refractivity contribution in [2.75, 3.05) is 13.1 Å². The molecule has 1 N–H and O–H groups in total. The van der Waals surface area contributed by atoms with E-state index in [0.29, 0.717) is 19.5 Å². The maximum Gasteiger partial charge on any atom is 0.243 e. The number of aromatic nitrogens is 1. The lowest BCUT2D eigenvalue weighted by Crippen LogP contribution is -2.51. The molecule has 1 fully saturated rings. The van der Waals surface area contributed by atoms with E-state index in [9.17, 15) is 13.2 Å². The van der Waals surface area contributed by atoms with E-state index in [2.05, 4.69) is 10.3 Å². The first kappa shape index (κ1) is 21.0. The number of hydrogen-bond acceptors (Lipinski definition) is 5. The Morgan fingerprint density at radius 1 is 1.25 bits per heavy atom. The van der Waals surface area contributed by atoms with Crippen molar-refractivity contribution in [1.82, 2.24) is 14.6 Å². The summed E-state index contributed by atoms with van der Waals surface area (Å²) >= 11 is 1.67. The second kappa shape index (κ2) is 9.62. The molecule has 0 saturated carbocycles. The van der Waals surface area contributed by atoms with Gasteiger partial charge in [-0.1, -0.05) is 24.6 Å². The van der Waals surface area contributed by atoms with Gasteiger partial charge in [0.25, 0.3) is 0 Å². The molecule has 1 saturated heterocycles. The summed E-state index contributed by atoms with van der Waals surface area (Å²) in [5, 5.41) is 6.10. The van der Waals surface area contributed by atoms with E-state index in [1.54, 1.807) is 41.7 Å². The summed E-state index contributed by atoms with van der Waals surface area (Å²) in [6, 6.07) is 7.73. The predicted octanol–water partition coefficient (Wildman–Crippen LogP) is 3.13. The van der Waals surface area contributed by atoms with Crippen LogP contribution in [-0.2, 0) is 21.2 Å². The van der Waals surface area contributed by atoms with E-state index in [0.717, 1.165) is 42.8 Å². The zero-order valence-corrected chi connectivity index (χ0v) is 17.8. The fourth-order valence-electron chi connectivity index (χ4n) is 3.43. The molecule has 8 heteroatoms. The third-order valence-electron chi connectivity index (χ3n) is 4.89. The van der Waals surface area contributed by atoms with Crippen LogP contribution in [0.4, 0.5) is 0 Å². The number of carbonyl (C=O) groups excluding carboxylic acids is 1. The lowest BCUT2D eigenvalue weighted by molar-refractivity contribution is -0.125. The third kappa shape index (κ3) is 5.18. The molecule has 1 aliphatic rings. The molecule has 1 aliphatic heterocycles. The van der Waals surface area contributed by atoms with Crippen molar-refractivity contribution in [3.05, 3.63) is 46.4 Å². The van der Waals surface area contributed by atoms with Crippen LogP contribution in [0.5, 0.6) is 0 Å². The molecule has 0 aliphatic carbocycles. The van der Waals surface area contributed by atoms with E-state index >= 15 is 0 Å². The van der Waals surface area contributed by atoms with Crippen LogP contribution in [0.3, 0.4) is 0 Å². The van der Waals surface area contributed by atoms with Crippen molar-refractivity contribution >= 4 is 27.3 Å². The van der Waals surface area contributed by atoms with Crippen molar-refractivity contribution in [2.45, 2.75) is 56.4 Å². The van der Waals surface area contributed by atoms with Gasteiger partial charge in [-0.3, -0.25) is 4.79 Å². The number of amides is 1. The molecule has 1 unspecified atom stereocenters. The summed E-state index contributed by atoms with van der Waals surface area (Å²) in [6.07, 6.45) is 4.92. The van der Waals surface area contributed by atoms with Gasteiger partial charge in [-0.15, -0.1) is 11.3 Å². The molecule has 1 aromatic carbocycles. The monoisotopic (exact) mass is 421 g/mol. The number of benzene rings is 1. The van der Waals surface area contributed by atoms with Gasteiger partial charge in [0.2, 0.25) is 15.9 Å².